The Kier molecular flexibility index (Phi) is 71.8. The second-order valence-electron chi connectivity index (χ2n) is 2.46. The molecule has 0 saturated heterocycles. The first-order valence-electron chi connectivity index (χ1n) is 4.54. The molecular formula is C10H15CoLaO10. The van der Waals surface area contributed by atoms with Crippen LogP contribution in [-0.2, 0) is 40.8 Å². The maximum Gasteiger partial charge on any atom is 3.00 e. The van der Waals surface area contributed by atoms with Gasteiger partial charge in [0.2, 0.25) is 0 Å². The molecule has 12 heteroatoms. The van der Waals surface area contributed by atoms with E-state index in [9.17, 15) is 0 Å². The third kappa shape index (κ3) is 6900. The van der Waals surface area contributed by atoms with Crippen molar-refractivity contribution in [2.75, 3.05) is 0 Å². The van der Waals surface area contributed by atoms with Crippen molar-refractivity contribution in [1.82, 2.24) is 0 Å². The Morgan fingerprint density at radius 3 is 0.455 bits per heavy atom. The van der Waals surface area contributed by atoms with Gasteiger partial charge < -0.3 is 49.5 Å². The molecule has 10 nitrogen and oxygen atoms in total. The summed E-state index contributed by atoms with van der Waals surface area (Å²) in [7, 11) is 0. The number of hydrogen-bond donors (Lipinski definition) is 0. The van der Waals surface area contributed by atoms with Crippen LogP contribution in [-0.4, -0.2) is 29.8 Å². The number of rotatable bonds is 0. The molecule has 0 rings (SSSR count). The minimum Gasteiger partial charge on any atom is -0.550 e. The van der Waals surface area contributed by atoms with E-state index < -0.39 is 29.8 Å². The second kappa shape index (κ2) is 36.9. The van der Waals surface area contributed by atoms with Gasteiger partial charge in [-0.1, -0.05) is 0 Å². The average Bonchev–Trinajstić information content (AvgIpc) is 1.94. The smallest absolute Gasteiger partial charge is 0.550 e. The molecule has 0 aliphatic rings. The van der Waals surface area contributed by atoms with Crippen molar-refractivity contribution in [2.45, 2.75) is 34.6 Å². The largest absolute Gasteiger partial charge is 3.00 e. The molecule has 22 heavy (non-hydrogen) atoms. The Balaban J connectivity index is -0.0000000250. The van der Waals surface area contributed by atoms with Gasteiger partial charge in [0, 0.05) is 29.8 Å². The van der Waals surface area contributed by atoms with E-state index in [4.69, 9.17) is 49.5 Å². The van der Waals surface area contributed by atoms with Gasteiger partial charge in [0.25, 0.3) is 0 Å². The van der Waals surface area contributed by atoms with Crippen molar-refractivity contribution in [2.24, 2.45) is 0 Å². The zero-order valence-corrected chi connectivity index (χ0v) is 17.2. The molecule has 0 aromatic heterocycles. The standard InChI is InChI=1S/5C2H4O2.Co.La/c5*1-2(3)4;;/h5*1H3,(H,3,4);;/q;;;;;+2;+3/p-5. The van der Waals surface area contributed by atoms with Crippen LogP contribution < -0.4 is 25.5 Å². The zero-order valence-electron chi connectivity index (χ0n) is 12.5. The van der Waals surface area contributed by atoms with Gasteiger partial charge in [-0.3, -0.25) is 0 Å². The summed E-state index contributed by atoms with van der Waals surface area (Å²) in [5.41, 5.74) is 0. The van der Waals surface area contributed by atoms with Gasteiger partial charge in [0.05, 0.1) is 0 Å². The van der Waals surface area contributed by atoms with E-state index in [0.717, 1.165) is 34.6 Å². The van der Waals surface area contributed by atoms with Crippen LogP contribution in [0.5, 0.6) is 0 Å². The summed E-state index contributed by atoms with van der Waals surface area (Å²) >= 11 is 0. The molecule has 0 spiro atoms. The van der Waals surface area contributed by atoms with Crippen LogP contribution in [0.25, 0.3) is 0 Å². The number of aliphatic carboxylic acids is 5. The first-order chi connectivity index (χ1) is 8.66. The molecule has 0 aromatic carbocycles. The van der Waals surface area contributed by atoms with Gasteiger partial charge in [-0.2, -0.15) is 0 Å². The molecule has 0 aromatic rings. The molecule has 1 radical (unpaired) electrons. The maximum atomic E-state index is 8.89. The van der Waals surface area contributed by atoms with Gasteiger partial charge in [0.1, 0.15) is 0 Å². The summed E-state index contributed by atoms with van der Waals surface area (Å²) in [6.07, 6.45) is 0. The molecule has 0 atom stereocenters. The molecule has 0 fully saturated rings. The van der Waals surface area contributed by atoms with E-state index in [0.29, 0.717) is 0 Å². The summed E-state index contributed by atoms with van der Waals surface area (Å²) in [6, 6.07) is 0. The van der Waals surface area contributed by atoms with Crippen LogP contribution >= 0.6 is 0 Å². The molecule has 0 heterocycles. The Morgan fingerprint density at radius 2 is 0.455 bits per heavy atom. The fourth-order valence-electron chi connectivity index (χ4n) is 0. The maximum absolute atomic E-state index is 8.89. The van der Waals surface area contributed by atoms with Gasteiger partial charge in [-0.05, 0) is 34.6 Å². The first-order valence-corrected chi connectivity index (χ1v) is 4.54. The monoisotopic (exact) mass is 493 g/mol. The quantitative estimate of drug-likeness (QED) is 0.313. The predicted octanol–water partition coefficient (Wildman–Crippen LogP) is -6.22. The fourth-order valence-corrected chi connectivity index (χ4v) is 0. The third-order valence-corrected chi connectivity index (χ3v) is 0. The van der Waals surface area contributed by atoms with Crippen LogP contribution in [0.15, 0.2) is 0 Å². The number of carbonyl (C=O) groups excluding carboxylic acids is 5. The molecule has 0 aliphatic carbocycles. The Labute approximate surface area is 165 Å². The zero-order chi connectivity index (χ0) is 17.9. The van der Waals surface area contributed by atoms with E-state index in [-0.39, 0.29) is 52.4 Å². The number of carboxylic acid groups (broad SMARTS) is 5. The van der Waals surface area contributed by atoms with E-state index in [1.165, 1.54) is 0 Å². The van der Waals surface area contributed by atoms with Crippen molar-refractivity contribution < 1.29 is 102 Å². The van der Waals surface area contributed by atoms with Crippen LogP contribution in [0.4, 0.5) is 0 Å². The Hall–Kier alpha value is -0.949. The fraction of sp³-hybridized carbons (Fsp3) is 0.500. The topological polar surface area (TPSA) is 201 Å². The van der Waals surface area contributed by atoms with E-state index in [1.807, 2.05) is 0 Å². The Morgan fingerprint density at radius 1 is 0.455 bits per heavy atom. The van der Waals surface area contributed by atoms with Crippen molar-refractivity contribution in [1.29, 1.82) is 0 Å². The minimum absolute atomic E-state index is 0. The van der Waals surface area contributed by atoms with Gasteiger partial charge >= 0.3 is 52.4 Å². The predicted molar refractivity (Wildman–Crippen MR) is 53.4 cm³/mol. The Bertz CT molecular complexity index is 216. The van der Waals surface area contributed by atoms with E-state index >= 15 is 0 Å². The van der Waals surface area contributed by atoms with Crippen molar-refractivity contribution >= 4 is 29.8 Å². The number of carboxylic acids is 5. The van der Waals surface area contributed by atoms with Crippen LogP contribution in [0.2, 0.25) is 0 Å². The summed E-state index contributed by atoms with van der Waals surface area (Å²) in [5.74, 6) is -5.42. The molecule has 0 amide bonds. The summed E-state index contributed by atoms with van der Waals surface area (Å²) in [5, 5.41) is 44.4. The average molecular weight is 493 g/mol. The van der Waals surface area contributed by atoms with Crippen LogP contribution in [0.1, 0.15) is 34.6 Å². The summed E-state index contributed by atoms with van der Waals surface area (Å²) < 4.78 is 0. The molecular weight excluding hydrogens is 478 g/mol. The van der Waals surface area contributed by atoms with E-state index in [1.54, 1.807) is 0 Å². The van der Waals surface area contributed by atoms with Gasteiger partial charge in [-0.25, -0.2) is 0 Å². The minimum atomic E-state index is -1.08. The number of hydrogen-bond acceptors (Lipinski definition) is 10. The summed E-state index contributed by atoms with van der Waals surface area (Å²) in [4.78, 5) is 44.4. The normalized spacial score (nSPS) is 5.68. The van der Waals surface area contributed by atoms with Gasteiger partial charge in [0.15, 0.2) is 0 Å². The van der Waals surface area contributed by atoms with Crippen LogP contribution in [0.3, 0.4) is 0 Å². The number of carbonyl (C=O) groups is 5. The molecule has 0 bridgehead atoms. The first kappa shape index (κ1) is 42.9. The second-order valence-corrected chi connectivity index (χ2v) is 2.46. The molecule has 0 N–H and O–H groups in total. The molecule has 0 unspecified atom stereocenters. The SMILES string of the molecule is CC(=O)[O-].CC(=O)[O-].CC(=O)[O-].CC(=O)[O-].CC(=O)[O-].[Co+2].[La+3]. The van der Waals surface area contributed by atoms with Crippen molar-refractivity contribution in [3.63, 3.8) is 0 Å². The van der Waals surface area contributed by atoms with Crippen molar-refractivity contribution in [3.8, 4) is 0 Å². The van der Waals surface area contributed by atoms with E-state index in [2.05, 4.69) is 0 Å². The molecule has 127 valence electrons. The van der Waals surface area contributed by atoms with Gasteiger partial charge in [-0.15, -0.1) is 0 Å². The summed E-state index contributed by atoms with van der Waals surface area (Å²) in [6.45, 7) is 4.86. The molecule has 0 aliphatic heterocycles. The molecule has 0 saturated carbocycles. The van der Waals surface area contributed by atoms with Crippen LogP contribution in [0, 0.1) is 35.6 Å². The van der Waals surface area contributed by atoms with Crippen molar-refractivity contribution in [3.05, 3.63) is 0 Å². The third-order valence-electron chi connectivity index (χ3n) is 0.